The number of ether oxygens (including phenoxy) is 2. The first-order valence-corrected chi connectivity index (χ1v) is 8.55. The van der Waals surface area contributed by atoms with Gasteiger partial charge in [0, 0.05) is 13.2 Å². The molecule has 0 spiro atoms. The summed E-state index contributed by atoms with van der Waals surface area (Å²) in [7, 11) is 2.04. The third kappa shape index (κ3) is 4.44. The second-order valence-corrected chi connectivity index (χ2v) is 7.09. The molecule has 3 nitrogen and oxygen atoms in total. The zero-order valence-electron chi connectivity index (χ0n) is 13.6. The van der Waals surface area contributed by atoms with Gasteiger partial charge in [0.15, 0.2) is 0 Å². The van der Waals surface area contributed by atoms with Crippen LogP contribution in [-0.4, -0.2) is 38.5 Å². The van der Waals surface area contributed by atoms with E-state index in [0.717, 1.165) is 31.6 Å². The van der Waals surface area contributed by atoms with Crippen molar-refractivity contribution in [3.05, 3.63) is 0 Å². The van der Waals surface area contributed by atoms with Crippen LogP contribution in [0.2, 0.25) is 0 Å². The van der Waals surface area contributed by atoms with Crippen molar-refractivity contribution in [2.75, 3.05) is 26.8 Å². The third-order valence-corrected chi connectivity index (χ3v) is 5.23. The Hall–Kier alpha value is -0.120. The van der Waals surface area contributed by atoms with Crippen LogP contribution in [0.25, 0.3) is 0 Å². The molecule has 1 saturated carbocycles. The predicted molar refractivity (Wildman–Crippen MR) is 83.0 cm³/mol. The van der Waals surface area contributed by atoms with Crippen molar-refractivity contribution in [3.63, 3.8) is 0 Å². The first-order valence-electron chi connectivity index (χ1n) is 8.55. The van der Waals surface area contributed by atoms with Crippen LogP contribution in [0.1, 0.15) is 58.8 Å². The van der Waals surface area contributed by atoms with Crippen LogP contribution in [0.3, 0.4) is 0 Å². The Labute approximate surface area is 124 Å². The van der Waals surface area contributed by atoms with E-state index in [4.69, 9.17) is 9.47 Å². The lowest BCUT2D eigenvalue weighted by Crippen LogP contribution is -2.47. The van der Waals surface area contributed by atoms with Gasteiger partial charge in [-0.2, -0.15) is 0 Å². The molecule has 118 valence electrons. The van der Waals surface area contributed by atoms with Gasteiger partial charge in [0.05, 0.1) is 18.3 Å². The number of hydrogen-bond donors (Lipinski definition) is 1. The van der Waals surface area contributed by atoms with E-state index in [1.807, 2.05) is 7.05 Å². The Morgan fingerprint density at radius 3 is 2.50 bits per heavy atom. The van der Waals surface area contributed by atoms with Gasteiger partial charge in [0.1, 0.15) is 0 Å². The summed E-state index contributed by atoms with van der Waals surface area (Å²) in [6.45, 7) is 7.39. The zero-order chi connectivity index (χ0) is 14.4. The highest BCUT2D eigenvalue weighted by atomic mass is 16.5. The Bertz CT molecular complexity index is 266. The summed E-state index contributed by atoms with van der Waals surface area (Å²) in [4.78, 5) is 0. The molecule has 1 aliphatic carbocycles. The molecule has 0 radical (unpaired) electrons. The molecule has 0 aromatic heterocycles. The van der Waals surface area contributed by atoms with Crippen LogP contribution in [-0.2, 0) is 9.47 Å². The number of rotatable bonds is 6. The molecule has 2 rings (SSSR count). The van der Waals surface area contributed by atoms with E-state index in [0.29, 0.717) is 6.10 Å². The molecule has 2 fully saturated rings. The summed E-state index contributed by atoms with van der Waals surface area (Å²) in [6, 6.07) is 0. The molecule has 1 heterocycles. The first-order chi connectivity index (χ1) is 9.65. The van der Waals surface area contributed by atoms with Gasteiger partial charge in [-0.15, -0.1) is 0 Å². The highest BCUT2D eigenvalue weighted by Gasteiger charge is 2.37. The maximum absolute atomic E-state index is 6.39. The van der Waals surface area contributed by atoms with Crippen molar-refractivity contribution in [2.45, 2.75) is 70.5 Å². The summed E-state index contributed by atoms with van der Waals surface area (Å²) in [6.07, 6.45) is 9.03. The van der Waals surface area contributed by atoms with E-state index in [1.54, 1.807) is 0 Å². The average molecular weight is 283 g/mol. The van der Waals surface area contributed by atoms with Gasteiger partial charge >= 0.3 is 0 Å². The molecule has 3 heteroatoms. The quantitative estimate of drug-likeness (QED) is 0.810. The Balaban J connectivity index is 1.83. The fourth-order valence-electron chi connectivity index (χ4n) is 3.74. The lowest BCUT2D eigenvalue weighted by atomic mass is 9.74. The lowest BCUT2D eigenvalue weighted by Gasteiger charge is -2.42. The molecular weight excluding hydrogens is 250 g/mol. The highest BCUT2D eigenvalue weighted by molar-refractivity contribution is 4.90. The fraction of sp³-hybridized carbons (Fsp3) is 1.00. The van der Waals surface area contributed by atoms with Crippen molar-refractivity contribution in [2.24, 2.45) is 11.8 Å². The van der Waals surface area contributed by atoms with E-state index >= 15 is 0 Å². The van der Waals surface area contributed by atoms with Crippen LogP contribution in [0, 0.1) is 11.8 Å². The molecule has 0 amide bonds. The maximum atomic E-state index is 6.39. The second kappa shape index (κ2) is 7.77. The molecule has 0 bridgehead atoms. The van der Waals surface area contributed by atoms with E-state index < -0.39 is 0 Å². The van der Waals surface area contributed by atoms with Crippen LogP contribution >= 0.6 is 0 Å². The molecule has 1 atom stereocenters. The van der Waals surface area contributed by atoms with Gasteiger partial charge in [-0.25, -0.2) is 0 Å². The molecule has 0 aromatic rings. The van der Waals surface area contributed by atoms with Crippen LogP contribution in [0.4, 0.5) is 0 Å². The molecule has 1 aliphatic heterocycles. The van der Waals surface area contributed by atoms with Crippen molar-refractivity contribution in [1.29, 1.82) is 0 Å². The minimum Gasteiger partial charge on any atom is -0.376 e. The molecule has 2 aliphatic rings. The zero-order valence-corrected chi connectivity index (χ0v) is 13.6. The first kappa shape index (κ1) is 16.3. The van der Waals surface area contributed by atoms with Gasteiger partial charge in [0.2, 0.25) is 0 Å². The summed E-state index contributed by atoms with van der Waals surface area (Å²) >= 11 is 0. The maximum Gasteiger partial charge on any atom is 0.0808 e. The predicted octanol–water partition coefficient (Wildman–Crippen LogP) is 3.38. The van der Waals surface area contributed by atoms with Crippen molar-refractivity contribution < 1.29 is 9.47 Å². The highest BCUT2D eigenvalue weighted by Crippen LogP contribution is 2.38. The van der Waals surface area contributed by atoms with Crippen molar-refractivity contribution in [3.8, 4) is 0 Å². The van der Waals surface area contributed by atoms with Gasteiger partial charge in [0.25, 0.3) is 0 Å². The van der Waals surface area contributed by atoms with Gasteiger partial charge in [-0.05, 0) is 63.8 Å². The van der Waals surface area contributed by atoms with E-state index in [2.05, 4.69) is 19.2 Å². The van der Waals surface area contributed by atoms with E-state index in [-0.39, 0.29) is 5.60 Å². The topological polar surface area (TPSA) is 30.5 Å². The standard InChI is InChI=1S/C17H33NO2/c1-14(2)15-7-9-17(10-8-15,13-18-3)20-12-16-6-4-5-11-19-16/h14-16,18H,4-13H2,1-3H3. The number of nitrogens with one attached hydrogen (secondary N) is 1. The fourth-order valence-corrected chi connectivity index (χ4v) is 3.74. The monoisotopic (exact) mass is 283 g/mol. The number of hydrogen-bond acceptors (Lipinski definition) is 3. The molecule has 1 saturated heterocycles. The smallest absolute Gasteiger partial charge is 0.0808 e. The normalized spacial score (nSPS) is 35.4. The van der Waals surface area contributed by atoms with Gasteiger partial charge in [-0.3, -0.25) is 0 Å². The van der Waals surface area contributed by atoms with Gasteiger partial charge in [-0.1, -0.05) is 13.8 Å². The largest absolute Gasteiger partial charge is 0.376 e. The molecular formula is C17H33NO2. The Morgan fingerprint density at radius 1 is 1.20 bits per heavy atom. The lowest BCUT2D eigenvalue weighted by molar-refractivity contribution is -0.124. The Kier molecular flexibility index (Phi) is 6.31. The summed E-state index contributed by atoms with van der Waals surface area (Å²) in [5.74, 6) is 1.69. The average Bonchev–Trinajstić information content (AvgIpc) is 2.47. The summed E-state index contributed by atoms with van der Waals surface area (Å²) < 4.78 is 12.2. The van der Waals surface area contributed by atoms with Crippen LogP contribution in [0.15, 0.2) is 0 Å². The molecule has 0 aromatic carbocycles. The van der Waals surface area contributed by atoms with Crippen molar-refractivity contribution >= 4 is 0 Å². The van der Waals surface area contributed by atoms with E-state index in [9.17, 15) is 0 Å². The molecule has 20 heavy (non-hydrogen) atoms. The van der Waals surface area contributed by atoms with Crippen LogP contribution in [0.5, 0.6) is 0 Å². The SMILES string of the molecule is CNCC1(OCC2CCCCO2)CCC(C(C)C)CC1. The Morgan fingerprint density at radius 2 is 1.95 bits per heavy atom. The minimum absolute atomic E-state index is 0.0565. The van der Waals surface area contributed by atoms with E-state index in [1.165, 1.54) is 44.9 Å². The van der Waals surface area contributed by atoms with Crippen LogP contribution < -0.4 is 5.32 Å². The second-order valence-electron chi connectivity index (χ2n) is 7.09. The van der Waals surface area contributed by atoms with Gasteiger partial charge < -0.3 is 14.8 Å². The number of likely N-dealkylation sites (N-methyl/N-ethyl adjacent to an activating group) is 1. The summed E-state index contributed by atoms with van der Waals surface area (Å²) in [5.41, 5.74) is 0.0565. The van der Waals surface area contributed by atoms with Crippen molar-refractivity contribution in [1.82, 2.24) is 5.32 Å². The molecule has 1 N–H and O–H groups in total. The summed E-state index contributed by atoms with van der Waals surface area (Å²) in [5, 5.41) is 3.34. The minimum atomic E-state index is 0.0565. The third-order valence-electron chi connectivity index (χ3n) is 5.23. The molecule has 1 unspecified atom stereocenters.